The van der Waals surface area contributed by atoms with Crippen molar-refractivity contribution in [2.75, 3.05) is 36.4 Å². The van der Waals surface area contributed by atoms with E-state index in [9.17, 15) is 0 Å². The lowest BCUT2D eigenvalue weighted by Crippen LogP contribution is -2.46. The van der Waals surface area contributed by atoms with Crippen LogP contribution in [0.4, 0.5) is 11.8 Å². The largest absolute Gasteiger partial charge is 0.353 e. The summed E-state index contributed by atoms with van der Waals surface area (Å²) < 4.78 is 0. The van der Waals surface area contributed by atoms with Crippen molar-refractivity contribution < 1.29 is 0 Å². The summed E-state index contributed by atoms with van der Waals surface area (Å²) in [4.78, 5) is 13.6. The van der Waals surface area contributed by atoms with Gasteiger partial charge in [0, 0.05) is 38.9 Å². The molecule has 27 heavy (non-hydrogen) atoms. The normalized spacial score (nSPS) is 14.9. The molecule has 1 aliphatic rings. The van der Waals surface area contributed by atoms with Gasteiger partial charge in [0.25, 0.3) is 0 Å². The number of anilines is 2. The van der Waals surface area contributed by atoms with E-state index in [1.54, 1.807) is 12.4 Å². The van der Waals surface area contributed by atoms with Crippen LogP contribution in [0.5, 0.6) is 0 Å². The number of nitrogens with zero attached hydrogens (tertiary/aromatic N) is 6. The Morgan fingerprint density at radius 1 is 0.926 bits per heavy atom. The van der Waals surface area contributed by atoms with Crippen molar-refractivity contribution in [1.29, 1.82) is 0 Å². The van der Waals surface area contributed by atoms with E-state index in [1.807, 2.05) is 18.2 Å². The number of piperazine rings is 1. The SMILES string of the molecule is c1ccc(CN2CCN(c3cnnc(NCc4ccccn4)n3)CC2)cc1. The van der Waals surface area contributed by atoms with Gasteiger partial charge in [-0.1, -0.05) is 36.4 Å². The van der Waals surface area contributed by atoms with Crippen molar-refractivity contribution in [2.24, 2.45) is 0 Å². The Kier molecular flexibility index (Phi) is 5.50. The number of aromatic nitrogens is 4. The first-order chi connectivity index (χ1) is 13.4. The van der Waals surface area contributed by atoms with Crippen molar-refractivity contribution in [1.82, 2.24) is 25.1 Å². The van der Waals surface area contributed by atoms with Gasteiger partial charge in [0.05, 0.1) is 18.4 Å². The lowest BCUT2D eigenvalue weighted by atomic mass is 10.2. The van der Waals surface area contributed by atoms with Crippen LogP contribution in [0.3, 0.4) is 0 Å². The second-order valence-electron chi connectivity index (χ2n) is 6.56. The molecule has 7 heteroatoms. The number of hydrogen-bond donors (Lipinski definition) is 1. The zero-order chi connectivity index (χ0) is 18.3. The maximum atomic E-state index is 4.62. The zero-order valence-corrected chi connectivity index (χ0v) is 15.2. The fourth-order valence-electron chi connectivity index (χ4n) is 3.17. The number of hydrogen-bond acceptors (Lipinski definition) is 7. The van der Waals surface area contributed by atoms with E-state index >= 15 is 0 Å². The fraction of sp³-hybridized carbons (Fsp3) is 0.300. The van der Waals surface area contributed by atoms with Gasteiger partial charge in [0.1, 0.15) is 0 Å². The minimum Gasteiger partial charge on any atom is -0.353 e. The zero-order valence-electron chi connectivity index (χ0n) is 15.2. The van der Waals surface area contributed by atoms with Crippen LogP contribution in [0.2, 0.25) is 0 Å². The molecule has 0 unspecified atom stereocenters. The highest BCUT2D eigenvalue weighted by atomic mass is 15.3. The number of benzene rings is 1. The Morgan fingerprint density at radius 2 is 1.74 bits per heavy atom. The highest BCUT2D eigenvalue weighted by Gasteiger charge is 2.19. The molecule has 0 spiro atoms. The van der Waals surface area contributed by atoms with Crippen LogP contribution in [-0.2, 0) is 13.1 Å². The minimum absolute atomic E-state index is 0.532. The molecule has 0 radical (unpaired) electrons. The summed E-state index contributed by atoms with van der Waals surface area (Å²) in [6, 6.07) is 16.4. The molecule has 0 saturated carbocycles. The van der Waals surface area contributed by atoms with Gasteiger partial charge < -0.3 is 10.2 Å². The Labute approximate surface area is 159 Å². The molecule has 2 aromatic heterocycles. The second kappa shape index (κ2) is 8.55. The van der Waals surface area contributed by atoms with Crippen molar-refractivity contribution >= 4 is 11.8 Å². The molecule has 138 valence electrons. The first-order valence-electron chi connectivity index (χ1n) is 9.21. The number of nitrogens with one attached hydrogen (secondary N) is 1. The lowest BCUT2D eigenvalue weighted by Gasteiger charge is -2.35. The van der Waals surface area contributed by atoms with Crippen molar-refractivity contribution in [3.8, 4) is 0 Å². The molecule has 3 heterocycles. The summed E-state index contributed by atoms with van der Waals surface area (Å²) in [6.07, 6.45) is 3.51. The molecular weight excluding hydrogens is 338 g/mol. The van der Waals surface area contributed by atoms with Gasteiger partial charge in [0.2, 0.25) is 5.95 Å². The molecule has 1 fully saturated rings. The Bertz CT molecular complexity index is 833. The van der Waals surface area contributed by atoms with Gasteiger partial charge >= 0.3 is 0 Å². The van der Waals surface area contributed by atoms with E-state index in [0.717, 1.165) is 44.2 Å². The number of rotatable bonds is 6. The van der Waals surface area contributed by atoms with E-state index < -0.39 is 0 Å². The summed E-state index contributed by atoms with van der Waals surface area (Å²) >= 11 is 0. The first-order valence-corrected chi connectivity index (χ1v) is 9.21. The fourth-order valence-corrected chi connectivity index (χ4v) is 3.17. The smallest absolute Gasteiger partial charge is 0.245 e. The second-order valence-corrected chi connectivity index (χ2v) is 6.56. The monoisotopic (exact) mass is 361 g/mol. The van der Waals surface area contributed by atoms with E-state index in [4.69, 9.17) is 0 Å². The maximum absolute atomic E-state index is 4.62. The topological polar surface area (TPSA) is 70.1 Å². The lowest BCUT2D eigenvalue weighted by molar-refractivity contribution is 0.249. The Hall–Kier alpha value is -3.06. The van der Waals surface area contributed by atoms with Gasteiger partial charge in [-0.15, -0.1) is 5.10 Å². The predicted octanol–water partition coefficient (Wildman–Crippen LogP) is 2.20. The molecule has 1 aromatic carbocycles. The summed E-state index contributed by atoms with van der Waals surface area (Å²) in [5.74, 6) is 1.40. The molecule has 3 aromatic rings. The van der Waals surface area contributed by atoms with Crippen LogP contribution in [-0.4, -0.2) is 51.2 Å². The molecule has 4 rings (SSSR count). The van der Waals surface area contributed by atoms with Crippen molar-refractivity contribution in [2.45, 2.75) is 13.1 Å². The molecule has 1 N–H and O–H groups in total. The van der Waals surface area contributed by atoms with E-state index in [2.05, 4.69) is 65.6 Å². The van der Waals surface area contributed by atoms with E-state index in [-0.39, 0.29) is 0 Å². The molecule has 1 aliphatic heterocycles. The molecule has 0 bridgehead atoms. The quantitative estimate of drug-likeness (QED) is 0.722. The van der Waals surface area contributed by atoms with Gasteiger partial charge in [-0.05, 0) is 17.7 Å². The van der Waals surface area contributed by atoms with Crippen LogP contribution in [0.1, 0.15) is 11.3 Å². The third-order valence-electron chi connectivity index (χ3n) is 4.65. The Balaban J connectivity index is 1.32. The molecule has 1 saturated heterocycles. The Morgan fingerprint density at radius 3 is 2.52 bits per heavy atom. The molecule has 0 atom stereocenters. The van der Waals surface area contributed by atoms with Crippen LogP contribution in [0.25, 0.3) is 0 Å². The minimum atomic E-state index is 0.532. The van der Waals surface area contributed by atoms with E-state index in [1.165, 1.54) is 5.56 Å². The third kappa shape index (κ3) is 4.77. The summed E-state index contributed by atoms with van der Waals surface area (Å²) in [5, 5.41) is 11.4. The summed E-state index contributed by atoms with van der Waals surface area (Å²) in [6.45, 7) is 5.46. The first kappa shape index (κ1) is 17.4. The predicted molar refractivity (Wildman–Crippen MR) is 105 cm³/mol. The molecular formula is C20H23N7. The van der Waals surface area contributed by atoms with Crippen LogP contribution in [0.15, 0.2) is 60.9 Å². The maximum Gasteiger partial charge on any atom is 0.245 e. The van der Waals surface area contributed by atoms with Crippen LogP contribution < -0.4 is 10.2 Å². The van der Waals surface area contributed by atoms with Gasteiger partial charge in [-0.2, -0.15) is 10.1 Å². The van der Waals surface area contributed by atoms with Crippen molar-refractivity contribution in [3.05, 3.63) is 72.2 Å². The average Bonchev–Trinajstić information content (AvgIpc) is 2.75. The van der Waals surface area contributed by atoms with Gasteiger partial charge in [-0.3, -0.25) is 9.88 Å². The van der Waals surface area contributed by atoms with Gasteiger partial charge in [-0.25, -0.2) is 0 Å². The van der Waals surface area contributed by atoms with E-state index in [0.29, 0.717) is 12.5 Å². The van der Waals surface area contributed by atoms with Crippen LogP contribution >= 0.6 is 0 Å². The number of pyridine rings is 1. The molecule has 7 nitrogen and oxygen atoms in total. The highest BCUT2D eigenvalue weighted by Crippen LogP contribution is 2.15. The summed E-state index contributed by atoms with van der Waals surface area (Å²) in [7, 11) is 0. The standard InChI is InChI=1S/C20H23N7/c1-2-6-17(7-3-1)16-26-10-12-27(13-11-26)19-15-23-25-20(24-19)22-14-18-8-4-5-9-21-18/h1-9,15H,10-14,16H2,(H,22,24,25). The third-order valence-corrected chi connectivity index (χ3v) is 4.65. The molecule has 0 aliphatic carbocycles. The highest BCUT2D eigenvalue weighted by molar-refractivity contribution is 5.41. The average molecular weight is 361 g/mol. The van der Waals surface area contributed by atoms with Crippen LogP contribution in [0, 0.1) is 0 Å². The van der Waals surface area contributed by atoms with Crippen molar-refractivity contribution in [3.63, 3.8) is 0 Å². The van der Waals surface area contributed by atoms with Gasteiger partial charge in [0.15, 0.2) is 5.82 Å². The molecule has 0 amide bonds. The summed E-state index contributed by atoms with van der Waals surface area (Å²) in [5.41, 5.74) is 2.30.